The Morgan fingerprint density at radius 3 is 2.32 bits per heavy atom. The fourth-order valence-electron chi connectivity index (χ4n) is 2.07. The van der Waals surface area contributed by atoms with E-state index in [1.807, 2.05) is 31.2 Å². The number of ketones is 1. The largest absolute Gasteiger partial charge is 0.466 e. The third-order valence-electron chi connectivity index (χ3n) is 3.11. The first kappa shape index (κ1) is 13.1. The molecule has 0 aliphatic heterocycles. The molecule has 0 saturated carbocycles. The van der Waals surface area contributed by atoms with Crippen LogP contribution in [0, 0.1) is 32.1 Å². The molecule has 0 saturated heterocycles. The van der Waals surface area contributed by atoms with Crippen LogP contribution in [0.4, 0.5) is 0 Å². The van der Waals surface area contributed by atoms with Crippen LogP contribution in [0.3, 0.4) is 0 Å². The van der Waals surface area contributed by atoms with Gasteiger partial charge in [0.05, 0.1) is 11.6 Å². The first-order valence-corrected chi connectivity index (χ1v) is 6.10. The number of aryl methyl sites for hydroxylation is 3. The molecule has 0 bridgehead atoms. The van der Waals surface area contributed by atoms with Crippen molar-refractivity contribution in [3.05, 3.63) is 58.5 Å². The van der Waals surface area contributed by atoms with Gasteiger partial charge in [0.1, 0.15) is 17.4 Å². The molecule has 1 aromatic carbocycles. The van der Waals surface area contributed by atoms with Crippen molar-refractivity contribution < 1.29 is 9.21 Å². The summed E-state index contributed by atoms with van der Waals surface area (Å²) < 4.78 is 5.36. The van der Waals surface area contributed by atoms with Crippen LogP contribution in [-0.2, 0) is 0 Å². The van der Waals surface area contributed by atoms with Gasteiger partial charge >= 0.3 is 0 Å². The van der Waals surface area contributed by atoms with Gasteiger partial charge in [-0.25, -0.2) is 0 Å². The van der Waals surface area contributed by atoms with Gasteiger partial charge in [-0.15, -0.1) is 0 Å². The highest BCUT2D eigenvalue weighted by molar-refractivity contribution is 6.03. The minimum Gasteiger partial charge on any atom is -0.466 e. The quantitative estimate of drug-likeness (QED) is 0.784. The fourth-order valence-corrected chi connectivity index (χ4v) is 2.07. The summed E-state index contributed by atoms with van der Waals surface area (Å²) >= 11 is 0. The van der Waals surface area contributed by atoms with E-state index in [0.717, 1.165) is 11.1 Å². The van der Waals surface area contributed by atoms with Gasteiger partial charge in [0.25, 0.3) is 0 Å². The van der Waals surface area contributed by atoms with Crippen molar-refractivity contribution in [1.29, 1.82) is 5.26 Å². The van der Waals surface area contributed by atoms with Crippen molar-refractivity contribution >= 4 is 5.78 Å². The van der Waals surface area contributed by atoms with Crippen LogP contribution < -0.4 is 0 Å². The number of rotatable bonds is 3. The highest BCUT2D eigenvalue weighted by Crippen LogP contribution is 2.24. The van der Waals surface area contributed by atoms with Gasteiger partial charge in [-0.1, -0.05) is 29.8 Å². The third kappa shape index (κ3) is 2.58. The zero-order valence-corrected chi connectivity index (χ0v) is 11.2. The first-order valence-electron chi connectivity index (χ1n) is 6.10. The van der Waals surface area contributed by atoms with Gasteiger partial charge in [0, 0.05) is 0 Å². The number of hydrogen-bond donors (Lipinski definition) is 0. The lowest BCUT2D eigenvalue weighted by Crippen LogP contribution is -2.11. The molecular weight excluding hydrogens is 238 g/mol. The number of Topliss-reactive ketones (excluding diaryl/α,β-unsaturated/α-hetero) is 1. The van der Waals surface area contributed by atoms with Crippen molar-refractivity contribution in [2.75, 3.05) is 0 Å². The number of carbonyl (C=O) groups excluding carboxylic acids is 1. The van der Waals surface area contributed by atoms with E-state index in [9.17, 15) is 10.1 Å². The fraction of sp³-hybridized carbons (Fsp3) is 0.250. The molecule has 3 nitrogen and oxygen atoms in total. The zero-order valence-electron chi connectivity index (χ0n) is 11.2. The Hall–Kier alpha value is -2.34. The Balaban J connectivity index is 2.38. The summed E-state index contributed by atoms with van der Waals surface area (Å²) in [5.74, 6) is 0.258. The Labute approximate surface area is 112 Å². The summed E-state index contributed by atoms with van der Waals surface area (Å²) in [4.78, 5) is 12.4. The maximum Gasteiger partial charge on any atom is 0.187 e. The molecule has 2 aromatic rings. The molecule has 1 aromatic heterocycles. The second kappa shape index (κ2) is 5.11. The molecule has 1 heterocycles. The number of hydrogen-bond acceptors (Lipinski definition) is 3. The van der Waals surface area contributed by atoms with Gasteiger partial charge in [-0.05, 0) is 32.4 Å². The molecule has 0 amide bonds. The number of carbonyl (C=O) groups is 1. The lowest BCUT2D eigenvalue weighted by atomic mass is 9.91. The summed E-state index contributed by atoms with van der Waals surface area (Å²) in [5, 5.41) is 9.28. The van der Waals surface area contributed by atoms with Gasteiger partial charge < -0.3 is 4.42 Å². The summed E-state index contributed by atoms with van der Waals surface area (Å²) in [7, 11) is 0. The lowest BCUT2D eigenvalue weighted by molar-refractivity contribution is 0.0977. The molecule has 0 spiro atoms. The Morgan fingerprint density at radius 2 is 1.84 bits per heavy atom. The van der Waals surface area contributed by atoms with Gasteiger partial charge in [-0.2, -0.15) is 5.26 Å². The highest BCUT2D eigenvalue weighted by Gasteiger charge is 2.24. The van der Waals surface area contributed by atoms with E-state index in [1.165, 1.54) is 0 Å². The second-order valence-electron chi connectivity index (χ2n) is 4.66. The van der Waals surface area contributed by atoms with Crippen LogP contribution in [-0.4, -0.2) is 5.78 Å². The topological polar surface area (TPSA) is 54.0 Å². The third-order valence-corrected chi connectivity index (χ3v) is 3.11. The van der Waals surface area contributed by atoms with Crippen LogP contribution in [0.25, 0.3) is 0 Å². The molecule has 0 radical (unpaired) electrons. The maximum atomic E-state index is 12.4. The monoisotopic (exact) mass is 253 g/mol. The van der Waals surface area contributed by atoms with Crippen LogP contribution in [0.5, 0.6) is 0 Å². The van der Waals surface area contributed by atoms with E-state index < -0.39 is 5.92 Å². The maximum absolute atomic E-state index is 12.4. The molecule has 1 atom stereocenters. The predicted octanol–water partition coefficient (Wildman–Crippen LogP) is 3.69. The van der Waals surface area contributed by atoms with E-state index in [-0.39, 0.29) is 5.78 Å². The minimum absolute atomic E-state index is 0.208. The highest BCUT2D eigenvalue weighted by atomic mass is 16.3. The van der Waals surface area contributed by atoms with Crippen LogP contribution >= 0.6 is 0 Å². The number of nitriles is 1. The zero-order chi connectivity index (χ0) is 14.0. The summed E-state index contributed by atoms with van der Waals surface area (Å²) in [6.07, 6.45) is 0. The average Bonchev–Trinajstić information content (AvgIpc) is 2.71. The molecule has 0 N–H and O–H groups in total. The molecule has 0 aliphatic rings. The molecule has 0 aliphatic carbocycles. The standard InChI is InChI=1S/C16H15NO2/c1-10-4-6-13(7-5-10)15(9-17)16(18)14-8-11(2)19-12(14)3/h4-8,15H,1-3H3. The Morgan fingerprint density at radius 1 is 1.21 bits per heavy atom. The molecule has 96 valence electrons. The lowest BCUT2D eigenvalue weighted by Gasteiger charge is -2.08. The Kier molecular flexibility index (Phi) is 3.52. The van der Waals surface area contributed by atoms with Gasteiger partial charge in [-0.3, -0.25) is 4.79 Å². The van der Waals surface area contributed by atoms with E-state index >= 15 is 0 Å². The number of furan rings is 1. The summed E-state index contributed by atoms with van der Waals surface area (Å²) in [5.41, 5.74) is 2.31. The van der Waals surface area contributed by atoms with Crippen LogP contribution in [0.2, 0.25) is 0 Å². The smallest absolute Gasteiger partial charge is 0.187 e. The second-order valence-corrected chi connectivity index (χ2v) is 4.66. The van der Waals surface area contributed by atoms with Crippen molar-refractivity contribution in [3.8, 4) is 6.07 Å². The van der Waals surface area contributed by atoms with E-state index in [0.29, 0.717) is 17.1 Å². The van der Waals surface area contributed by atoms with Crippen LogP contribution in [0.15, 0.2) is 34.7 Å². The summed E-state index contributed by atoms with van der Waals surface area (Å²) in [6, 6.07) is 11.2. The van der Waals surface area contributed by atoms with E-state index in [4.69, 9.17) is 4.42 Å². The normalized spacial score (nSPS) is 11.9. The number of nitrogens with zero attached hydrogens (tertiary/aromatic N) is 1. The van der Waals surface area contributed by atoms with Crippen LogP contribution in [0.1, 0.15) is 38.9 Å². The van der Waals surface area contributed by atoms with Gasteiger partial charge in [0.2, 0.25) is 0 Å². The first-order chi connectivity index (χ1) is 9.02. The molecule has 0 fully saturated rings. The van der Waals surface area contributed by atoms with E-state index in [1.54, 1.807) is 19.9 Å². The van der Waals surface area contributed by atoms with Gasteiger partial charge in [0.15, 0.2) is 5.78 Å². The molecule has 2 rings (SSSR count). The number of benzene rings is 1. The molecular formula is C16H15NO2. The van der Waals surface area contributed by atoms with Crippen molar-refractivity contribution in [3.63, 3.8) is 0 Å². The average molecular weight is 253 g/mol. The van der Waals surface area contributed by atoms with Crippen molar-refractivity contribution in [2.45, 2.75) is 26.7 Å². The van der Waals surface area contributed by atoms with Crippen molar-refractivity contribution in [2.24, 2.45) is 0 Å². The molecule has 1 unspecified atom stereocenters. The van der Waals surface area contributed by atoms with E-state index in [2.05, 4.69) is 6.07 Å². The Bertz CT molecular complexity index is 644. The van der Waals surface area contributed by atoms with Crippen molar-refractivity contribution in [1.82, 2.24) is 0 Å². The summed E-state index contributed by atoms with van der Waals surface area (Å²) in [6.45, 7) is 5.50. The molecule has 19 heavy (non-hydrogen) atoms. The molecule has 3 heteroatoms. The minimum atomic E-state index is -0.781. The SMILES string of the molecule is Cc1ccc(C(C#N)C(=O)c2cc(C)oc2C)cc1. The predicted molar refractivity (Wildman–Crippen MR) is 72.0 cm³/mol.